The average Bonchev–Trinajstić information content (AvgIpc) is 2.36. The van der Waals surface area contributed by atoms with Crippen LogP contribution in [0.4, 0.5) is 0 Å². The maximum atomic E-state index is 7.29. The zero-order valence-electron chi connectivity index (χ0n) is 9.32. The fourth-order valence-electron chi connectivity index (χ4n) is 1.22. The summed E-state index contributed by atoms with van der Waals surface area (Å²) in [6, 6.07) is 4.69. The van der Waals surface area contributed by atoms with Crippen molar-refractivity contribution in [3.05, 3.63) is 44.6 Å². The fraction of sp³-hybridized carbons (Fsp3) is 0. The Morgan fingerprint density at radius 1 is 1.32 bits per heavy atom. The third kappa shape index (κ3) is 3.34. The summed E-state index contributed by atoms with van der Waals surface area (Å²) < 4.78 is 6.08. The SMILES string of the molecule is N=C(N)c1ccnc(Oc2cc(Cl)c(Br)cc2Cl)n1. The van der Waals surface area contributed by atoms with Gasteiger partial charge in [0.25, 0.3) is 0 Å². The van der Waals surface area contributed by atoms with Gasteiger partial charge in [-0.15, -0.1) is 0 Å². The standard InChI is InChI=1S/C11H7BrCl2N4O/c12-5-3-7(14)9(4-6(5)13)19-11-17-2-1-8(18-11)10(15)16/h1-4H,(H3,15,16). The number of benzene rings is 1. The summed E-state index contributed by atoms with van der Waals surface area (Å²) in [6.45, 7) is 0. The third-order valence-corrected chi connectivity index (χ3v) is 3.58. The van der Waals surface area contributed by atoms with Crippen LogP contribution in [0.15, 0.2) is 28.9 Å². The van der Waals surface area contributed by atoms with Gasteiger partial charge in [-0.2, -0.15) is 4.98 Å². The molecule has 0 amide bonds. The number of ether oxygens (including phenoxy) is 1. The molecule has 0 saturated heterocycles. The van der Waals surface area contributed by atoms with Crippen molar-refractivity contribution >= 4 is 45.0 Å². The molecule has 5 nitrogen and oxygen atoms in total. The van der Waals surface area contributed by atoms with Gasteiger partial charge >= 0.3 is 6.01 Å². The van der Waals surface area contributed by atoms with Gasteiger partial charge in [-0.3, -0.25) is 5.41 Å². The predicted molar refractivity (Wildman–Crippen MR) is 77.3 cm³/mol. The topological polar surface area (TPSA) is 84.9 Å². The van der Waals surface area contributed by atoms with Crippen LogP contribution in [0.2, 0.25) is 10.0 Å². The van der Waals surface area contributed by atoms with Crippen molar-refractivity contribution in [1.29, 1.82) is 5.41 Å². The monoisotopic (exact) mass is 360 g/mol. The number of hydrogen-bond acceptors (Lipinski definition) is 4. The van der Waals surface area contributed by atoms with Gasteiger partial charge in [-0.25, -0.2) is 4.98 Å². The van der Waals surface area contributed by atoms with E-state index in [1.54, 1.807) is 6.07 Å². The molecule has 0 atom stereocenters. The second-order valence-electron chi connectivity index (χ2n) is 3.44. The molecule has 3 N–H and O–H groups in total. The number of amidine groups is 1. The molecule has 0 bridgehead atoms. The van der Waals surface area contributed by atoms with E-state index >= 15 is 0 Å². The molecule has 8 heteroatoms. The number of nitrogens with zero attached hydrogens (tertiary/aromatic N) is 2. The minimum atomic E-state index is -0.174. The maximum Gasteiger partial charge on any atom is 0.322 e. The molecule has 1 aromatic carbocycles. The van der Waals surface area contributed by atoms with Crippen LogP contribution >= 0.6 is 39.1 Å². The van der Waals surface area contributed by atoms with Gasteiger partial charge in [0.05, 0.1) is 10.0 Å². The molecule has 2 aromatic rings. The first-order valence-electron chi connectivity index (χ1n) is 4.97. The van der Waals surface area contributed by atoms with Gasteiger partial charge in [0, 0.05) is 16.7 Å². The Morgan fingerprint density at radius 3 is 2.74 bits per heavy atom. The molecule has 19 heavy (non-hydrogen) atoms. The van der Waals surface area contributed by atoms with E-state index in [0.29, 0.717) is 20.3 Å². The Hall–Kier alpha value is -1.37. The van der Waals surface area contributed by atoms with E-state index in [4.69, 9.17) is 39.1 Å². The van der Waals surface area contributed by atoms with Crippen molar-refractivity contribution in [2.75, 3.05) is 0 Å². The van der Waals surface area contributed by atoms with Crippen LogP contribution in [-0.2, 0) is 0 Å². The van der Waals surface area contributed by atoms with Crippen LogP contribution in [0.5, 0.6) is 11.8 Å². The molecular weight excluding hydrogens is 355 g/mol. The molecule has 0 fully saturated rings. The lowest BCUT2D eigenvalue weighted by Crippen LogP contribution is -2.13. The smallest absolute Gasteiger partial charge is 0.322 e. The summed E-state index contributed by atoms with van der Waals surface area (Å²) in [5.41, 5.74) is 5.60. The lowest BCUT2D eigenvalue weighted by atomic mass is 10.3. The first-order chi connectivity index (χ1) is 8.97. The second kappa shape index (κ2) is 5.73. The Balaban J connectivity index is 2.33. The zero-order chi connectivity index (χ0) is 14.0. The summed E-state index contributed by atoms with van der Waals surface area (Å²) in [5.74, 6) is 0.141. The van der Waals surface area contributed by atoms with E-state index in [9.17, 15) is 0 Å². The molecule has 0 unspecified atom stereocenters. The van der Waals surface area contributed by atoms with Crippen LogP contribution in [0.3, 0.4) is 0 Å². The van der Waals surface area contributed by atoms with Crippen molar-refractivity contribution in [3.8, 4) is 11.8 Å². The number of hydrogen-bond donors (Lipinski definition) is 2. The molecule has 0 radical (unpaired) electrons. The molecule has 0 aliphatic carbocycles. The van der Waals surface area contributed by atoms with Crippen molar-refractivity contribution in [2.45, 2.75) is 0 Å². The van der Waals surface area contributed by atoms with E-state index in [0.717, 1.165) is 0 Å². The summed E-state index contributed by atoms with van der Waals surface area (Å²) >= 11 is 15.2. The molecule has 1 aromatic heterocycles. The number of rotatable bonds is 3. The molecule has 1 heterocycles. The number of aromatic nitrogens is 2. The van der Waals surface area contributed by atoms with Gasteiger partial charge in [-0.1, -0.05) is 23.2 Å². The van der Waals surface area contributed by atoms with E-state index in [-0.39, 0.29) is 17.5 Å². The summed E-state index contributed by atoms with van der Waals surface area (Å²) in [6.07, 6.45) is 1.44. The van der Waals surface area contributed by atoms with Crippen molar-refractivity contribution in [3.63, 3.8) is 0 Å². The average molecular weight is 362 g/mol. The maximum absolute atomic E-state index is 7.29. The minimum Gasteiger partial charge on any atom is -0.423 e. The van der Waals surface area contributed by atoms with Crippen molar-refractivity contribution in [1.82, 2.24) is 9.97 Å². The first kappa shape index (κ1) is 14.0. The highest BCUT2D eigenvalue weighted by molar-refractivity contribution is 9.10. The Morgan fingerprint density at radius 2 is 2.05 bits per heavy atom. The molecule has 0 aliphatic rings. The van der Waals surface area contributed by atoms with Crippen LogP contribution in [0, 0.1) is 5.41 Å². The number of nitrogens with one attached hydrogen (secondary N) is 1. The van der Waals surface area contributed by atoms with E-state index in [1.807, 2.05) is 0 Å². The van der Waals surface area contributed by atoms with Gasteiger partial charge in [-0.05, 0) is 28.1 Å². The third-order valence-electron chi connectivity index (χ3n) is 2.09. The van der Waals surface area contributed by atoms with Gasteiger partial charge in [0.2, 0.25) is 0 Å². The number of nitrogens with two attached hydrogens (primary N) is 1. The van der Waals surface area contributed by atoms with Crippen LogP contribution in [-0.4, -0.2) is 15.8 Å². The van der Waals surface area contributed by atoms with Crippen molar-refractivity contribution in [2.24, 2.45) is 5.73 Å². The van der Waals surface area contributed by atoms with Crippen molar-refractivity contribution < 1.29 is 4.74 Å². The zero-order valence-corrected chi connectivity index (χ0v) is 12.4. The number of nitrogen functional groups attached to an aromatic ring is 1. The molecule has 0 saturated carbocycles. The highest BCUT2D eigenvalue weighted by Gasteiger charge is 2.10. The number of halogens is 3. The van der Waals surface area contributed by atoms with E-state index < -0.39 is 0 Å². The normalized spacial score (nSPS) is 10.3. The van der Waals surface area contributed by atoms with Crippen LogP contribution in [0.25, 0.3) is 0 Å². The van der Waals surface area contributed by atoms with E-state index in [2.05, 4.69) is 25.9 Å². The Kier molecular flexibility index (Phi) is 4.24. The second-order valence-corrected chi connectivity index (χ2v) is 5.11. The van der Waals surface area contributed by atoms with E-state index in [1.165, 1.54) is 18.3 Å². The Bertz CT molecular complexity index is 651. The van der Waals surface area contributed by atoms with Gasteiger partial charge in [0.1, 0.15) is 11.5 Å². The summed E-state index contributed by atoms with van der Waals surface area (Å²) in [4.78, 5) is 7.88. The molecule has 0 spiro atoms. The lowest BCUT2D eigenvalue weighted by Gasteiger charge is -2.08. The lowest BCUT2D eigenvalue weighted by molar-refractivity contribution is 0.441. The van der Waals surface area contributed by atoms with Crippen LogP contribution < -0.4 is 10.5 Å². The highest BCUT2D eigenvalue weighted by atomic mass is 79.9. The molecule has 98 valence electrons. The van der Waals surface area contributed by atoms with Gasteiger partial charge in [0.15, 0.2) is 5.75 Å². The predicted octanol–water partition coefficient (Wildman–Crippen LogP) is 3.62. The van der Waals surface area contributed by atoms with Gasteiger partial charge < -0.3 is 10.5 Å². The molecular formula is C11H7BrCl2N4O. The molecule has 2 rings (SSSR count). The minimum absolute atomic E-state index is 0.0352. The Labute approximate surface area is 127 Å². The summed E-state index contributed by atoms with van der Waals surface area (Å²) in [7, 11) is 0. The quantitative estimate of drug-likeness (QED) is 0.496. The first-order valence-corrected chi connectivity index (χ1v) is 6.52. The molecule has 0 aliphatic heterocycles. The largest absolute Gasteiger partial charge is 0.423 e. The highest BCUT2D eigenvalue weighted by Crippen LogP contribution is 2.35. The van der Waals surface area contributed by atoms with Crippen LogP contribution in [0.1, 0.15) is 5.69 Å². The fourth-order valence-corrected chi connectivity index (χ4v) is 2.05. The summed E-state index contributed by atoms with van der Waals surface area (Å²) in [5, 5.41) is 8.10.